The van der Waals surface area contributed by atoms with Gasteiger partial charge in [0.25, 0.3) is 5.56 Å². The number of benzene rings is 1. The monoisotopic (exact) mass is 416 g/mol. The molecule has 8 heteroatoms. The molecule has 0 aliphatic carbocycles. The first-order valence-electron chi connectivity index (χ1n) is 9.35. The second kappa shape index (κ2) is 9.84. The summed E-state index contributed by atoms with van der Waals surface area (Å²) < 4.78 is 1.35. The van der Waals surface area contributed by atoms with Gasteiger partial charge in [0, 0.05) is 17.9 Å². The van der Waals surface area contributed by atoms with Gasteiger partial charge in [-0.25, -0.2) is 4.98 Å². The van der Waals surface area contributed by atoms with Gasteiger partial charge in [-0.2, -0.15) is 9.61 Å². The molecule has 0 spiro atoms. The lowest BCUT2D eigenvalue weighted by Gasteiger charge is -2.13. The average Bonchev–Trinajstić information content (AvgIpc) is 3.11. The fourth-order valence-corrected chi connectivity index (χ4v) is 4.36. The van der Waals surface area contributed by atoms with Crippen LogP contribution < -0.4 is 10.9 Å². The van der Waals surface area contributed by atoms with Crippen LogP contribution >= 0.6 is 23.1 Å². The van der Waals surface area contributed by atoms with Crippen molar-refractivity contribution in [2.45, 2.75) is 44.9 Å². The van der Waals surface area contributed by atoms with Gasteiger partial charge < -0.3 is 5.32 Å². The lowest BCUT2D eigenvalue weighted by molar-refractivity contribution is -0.119. The van der Waals surface area contributed by atoms with Gasteiger partial charge in [-0.3, -0.25) is 9.59 Å². The minimum Gasteiger partial charge on any atom is -0.353 e. The highest BCUT2D eigenvalue weighted by Crippen LogP contribution is 2.14. The maximum atomic E-state index is 12.2. The van der Waals surface area contributed by atoms with Crippen LogP contribution in [0.4, 0.5) is 0 Å². The number of aryl methyl sites for hydroxylation is 2. The van der Waals surface area contributed by atoms with Gasteiger partial charge in [0.1, 0.15) is 5.01 Å². The molecule has 0 bridgehead atoms. The van der Waals surface area contributed by atoms with Gasteiger partial charge in [0.05, 0.1) is 11.4 Å². The summed E-state index contributed by atoms with van der Waals surface area (Å²) in [5, 5.41) is 8.16. The molecule has 0 aliphatic heterocycles. The van der Waals surface area contributed by atoms with Crippen LogP contribution in [0.1, 0.15) is 36.5 Å². The van der Waals surface area contributed by atoms with Gasteiger partial charge in [0.2, 0.25) is 10.9 Å². The zero-order valence-electron chi connectivity index (χ0n) is 16.1. The molecule has 0 fully saturated rings. The molecule has 1 atom stereocenters. The number of nitrogens with zero attached hydrogens (tertiary/aromatic N) is 3. The lowest BCUT2D eigenvalue weighted by Crippen LogP contribution is -2.34. The average molecular weight is 417 g/mol. The predicted octanol–water partition coefficient (Wildman–Crippen LogP) is 3.08. The molecule has 0 saturated carbocycles. The van der Waals surface area contributed by atoms with E-state index in [1.165, 1.54) is 39.2 Å². The maximum Gasteiger partial charge on any atom is 0.275 e. The third kappa shape index (κ3) is 5.65. The Morgan fingerprint density at radius 3 is 2.86 bits per heavy atom. The molecule has 2 heterocycles. The summed E-state index contributed by atoms with van der Waals surface area (Å²) >= 11 is 2.89. The Balaban J connectivity index is 1.44. The summed E-state index contributed by atoms with van der Waals surface area (Å²) in [4.78, 5) is 29.4. The number of fused-ring (bicyclic) bond motifs is 1. The molecule has 0 unspecified atom stereocenters. The Morgan fingerprint density at radius 2 is 2.11 bits per heavy atom. The largest absolute Gasteiger partial charge is 0.353 e. The normalized spacial score (nSPS) is 12.2. The minimum atomic E-state index is -0.171. The Kier molecular flexibility index (Phi) is 7.22. The molecule has 1 amide bonds. The minimum absolute atomic E-state index is 0.00872. The van der Waals surface area contributed by atoms with Gasteiger partial charge in [-0.05, 0) is 31.7 Å². The Bertz CT molecular complexity index is 985. The number of aromatic nitrogens is 3. The first-order valence-corrected chi connectivity index (χ1v) is 11.3. The molecule has 3 rings (SSSR count). The fourth-order valence-electron chi connectivity index (χ4n) is 2.78. The zero-order chi connectivity index (χ0) is 19.9. The van der Waals surface area contributed by atoms with Gasteiger partial charge in [0.15, 0.2) is 0 Å². The van der Waals surface area contributed by atoms with E-state index in [-0.39, 0.29) is 17.5 Å². The van der Waals surface area contributed by atoms with Crippen LogP contribution in [0.25, 0.3) is 4.96 Å². The molecule has 1 aromatic carbocycles. The van der Waals surface area contributed by atoms with Crippen LogP contribution in [0, 0.1) is 0 Å². The van der Waals surface area contributed by atoms with Crippen molar-refractivity contribution in [3.8, 4) is 0 Å². The number of carbonyl (C=O) groups excluding carboxylic acids is 1. The van der Waals surface area contributed by atoms with E-state index in [4.69, 9.17) is 0 Å². The smallest absolute Gasteiger partial charge is 0.275 e. The van der Waals surface area contributed by atoms with E-state index in [1.807, 2.05) is 32.0 Å². The van der Waals surface area contributed by atoms with Crippen LogP contribution in [-0.2, 0) is 23.4 Å². The zero-order valence-corrected chi connectivity index (χ0v) is 17.7. The Hall–Kier alpha value is -2.19. The molecular formula is C20H24N4O2S2. The topological polar surface area (TPSA) is 76.4 Å². The summed E-state index contributed by atoms with van der Waals surface area (Å²) in [5.74, 6) is 0.880. The van der Waals surface area contributed by atoms with E-state index in [0.717, 1.165) is 24.3 Å². The molecule has 28 heavy (non-hydrogen) atoms. The van der Waals surface area contributed by atoms with E-state index in [0.29, 0.717) is 22.2 Å². The molecule has 6 nitrogen and oxygen atoms in total. The van der Waals surface area contributed by atoms with E-state index >= 15 is 0 Å². The number of hydrogen-bond acceptors (Lipinski definition) is 6. The lowest BCUT2D eigenvalue weighted by atomic mass is 10.1. The number of amides is 1. The van der Waals surface area contributed by atoms with Crippen molar-refractivity contribution in [1.82, 2.24) is 19.9 Å². The number of rotatable bonds is 9. The summed E-state index contributed by atoms with van der Waals surface area (Å²) in [5.41, 5.74) is 1.79. The van der Waals surface area contributed by atoms with Gasteiger partial charge in [-0.15, -0.1) is 11.8 Å². The standard InChI is InChI=1S/C20H24N4O2S2/c1-3-18-23-24-19(26)11-16(22-20(24)28-18)12-27-13-17(25)21-14(2)9-10-15-7-5-4-6-8-15/h4-8,11,14H,3,9-10,12-13H2,1-2H3,(H,21,25)/t14-/m1/s1. The summed E-state index contributed by atoms with van der Waals surface area (Å²) in [7, 11) is 0. The predicted molar refractivity (Wildman–Crippen MR) is 115 cm³/mol. The molecule has 0 aliphatic rings. The number of thioether (sulfide) groups is 1. The van der Waals surface area contributed by atoms with Crippen molar-refractivity contribution < 1.29 is 4.79 Å². The van der Waals surface area contributed by atoms with Crippen molar-refractivity contribution in [3.63, 3.8) is 0 Å². The maximum absolute atomic E-state index is 12.2. The quantitative estimate of drug-likeness (QED) is 0.580. The number of carbonyl (C=O) groups is 1. The van der Waals surface area contributed by atoms with E-state index in [1.54, 1.807) is 0 Å². The highest BCUT2D eigenvalue weighted by molar-refractivity contribution is 7.99. The molecule has 1 N–H and O–H groups in total. The van der Waals surface area contributed by atoms with Gasteiger partial charge >= 0.3 is 0 Å². The first-order chi connectivity index (χ1) is 13.5. The van der Waals surface area contributed by atoms with Crippen LogP contribution in [0.2, 0.25) is 0 Å². The number of hydrogen-bond donors (Lipinski definition) is 1. The Morgan fingerprint density at radius 1 is 1.32 bits per heavy atom. The van der Waals surface area contributed by atoms with Crippen LogP contribution in [0.15, 0.2) is 41.2 Å². The summed E-state index contributed by atoms with van der Waals surface area (Å²) in [6, 6.07) is 11.9. The fraction of sp³-hybridized carbons (Fsp3) is 0.400. The molecule has 0 radical (unpaired) electrons. The van der Waals surface area contributed by atoms with Crippen LogP contribution in [0.3, 0.4) is 0 Å². The second-order valence-corrected chi connectivity index (χ2v) is 8.64. The summed E-state index contributed by atoms with van der Waals surface area (Å²) in [6.45, 7) is 4.02. The summed E-state index contributed by atoms with van der Waals surface area (Å²) in [6.07, 6.45) is 2.62. The molecule has 0 saturated heterocycles. The van der Waals surface area contributed by atoms with Crippen molar-refractivity contribution in [1.29, 1.82) is 0 Å². The highest BCUT2D eigenvalue weighted by atomic mass is 32.2. The molecule has 2 aromatic heterocycles. The third-order valence-electron chi connectivity index (χ3n) is 4.24. The van der Waals surface area contributed by atoms with E-state index in [9.17, 15) is 9.59 Å². The van der Waals surface area contributed by atoms with Crippen LogP contribution in [0.5, 0.6) is 0 Å². The number of nitrogens with one attached hydrogen (secondary N) is 1. The SMILES string of the molecule is CCc1nn2c(=O)cc(CSCC(=O)N[C@H](C)CCc3ccccc3)nc2s1. The van der Waals surface area contributed by atoms with Crippen molar-refractivity contribution in [2.24, 2.45) is 0 Å². The second-order valence-electron chi connectivity index (χ2n) is 6.62. The van der Waals surface area contributed by atoms with Crippen molar-refractivity contribution >= 4 is 34.0 Å². The first kappa shape index (κ1) is 20.5. The van der Waals surface area contributed by atoms with E-state index in [2.05, 4.69) is 27.5 Å². The molecule has 3 aromatic rings. The molecule has 148 valence electrons. The van der Waals surface area contributed by atoms with E-state index < -0.39 is 0 Å². The van der Waals surface area contributed by atoms with Crippen molar-refractivity contribution in [3.05, 3.63) is 63.0 Å². The third-order valence-corrected chi connectivity index (χ3v) is 6.26. The molecular weight excluding hydrogens is 392 g/mol. The van der Waals surface area contributed by atoms with Gasteiger partial charge in [-0.1, -0.05) is 48.6 Å². The van der Waals surface area contributed by atoms with Crippen LogP contribution in [-0.4, -0.2) is 32.3 Å². The highest BCUT2D eigenvalue weighted by Gasteiger charge is 2.10. The Labute approximate surface area is 172 Å². The van der Waals surface area contributed by atoms with Crippen molar-refractivity contribution in [2.75, 3.05) is 5.75 Å².